The fourth-order valence-electron chi connectivity index (χ4n) is 1.95. The van der Waals surface area contributed by atoms with Crippen LogP contribution < -0.4 is 5.32 Å². The third-order valence-electron chi connectivity index (χ3n) is 3.05. The van der Waals surface area contributed by atoms with Crippen molar-refractivity contribution in [3.8, 4) is 0 Å². The lowest BCUT2D eigenvalue weighted by atomic mass is 10.2. The normalized spacial score (nSPS) is 10.9. The lowest BCUT2D eigenvalue weighted by Gasteiger charge is -1.96. The van der Waals surface area contributed by atoms with E-state index in [1.165, 1.54) is 23.1 Å². The van der Waals surface area contributed by atoms with Gasteiger partial charge in [-0.3, -0.25) is 14.8 Å². The van der Waals surface area contributed by atoms with Crippen LogP contribution in [0.3, 0.4) is 0 Å². The van der Waals surface area contributed by atoms with Crippen molar-refractivity contribution in [3.63, 3.8) is 0 Å². The molecule has 0 aliphatic carbocycles. The average molecular weight is 286 g/mol. The highest BCUT2D eigenvalue weighted by molar-refractivity contribution is 7.22. The van der Waals surface area contributed by atoms with Crippen LogP contribution in [0.5, 0.6) is 0 Å². The molecule has 2 aromatic heterocycles. The number of fused-ring (bicyclic) bond motifs is 1. The van der Waals surface area contributed by atoms with Crippen LogP contribution in [0.4, 0.5) is 5.13 Å². The zero-order valence-corrected chi connectivity index (χ0v) is 12.1. The summed E-state index contributed by atoms with van der Waals surface area (Å²) in [7, 11) is 1.78. The van der Waals surface area contributed by atoms with Gasteiger partial charge in [0.1, 0.15) is 0 Å². The van der Waals surface area contributed by atoms with Crippen molar-refractivity contribution in [2.24, 2.45) is 7.05 Å². The minimum absolute atomic E-state index is 0.187. The average Bonchev–Trinajstić information content (AvgIpc) is 3.03. The van der Waals surface area contributed by atoms with Crippen LogP contribution in [0.1, 0.15) is 22.8 Å². The Morgan fingerprint density at radius 3 is 3.00 bits per heavy atom. The molecule has 6 heteroatoms. The Hall–Kier alpha value is -2.21. The van der Waals surface area contributed by atoms with E-state index < -0.39 is 0 Å². The van der Waals surface area contributed by atoms with E-state index >= 15 is 0 Å². The minimum Gasteiger partial charge on any atom is -0.298 e. The van der Waals surface area contributed by atoms with Gasteiger partial charge in [-0.25, -0.2) is 4.98 Å². The maximum Gasteiger partial charge on any atom is 0.260 e. The first kappa shape index (κ1) is 12.8. The fourth-order valence-corrected chi connectivity index (χ4v) is 2.87. The fraction of sp³-hybridized carbons (Fsp3) is 0.214. The van der Waals surface area contributed by atoms with Crippen LogP contribution in [0.15, 0.2) is 30.6 Å². The first-order valence-corrected chi connectivity index (χ1v) is 7.17. The number of nitrogens with zero attached hydrogens (tertiary/aromatic N) is 3. The van der Waals surface area contributed by atoms with E-state index in [-0.39, 0.29) is 5.91 Å². The van der Waals surface area contributed by atoms with Gasteiger partial charge in [-0.1, -0.05) is 24.3 Å². The van der Waals surface area contributed by atoms with Crippen LogP contribution in [0, 0.1) is 0 Å². The number of carbonyl (C=O) groups excluding carboxylic acids is 1. The lowest BCUT2D eigenvalue weighted by molar-refractivity contribution is 0.102. The van der Waals surface area contributed by atoms with Gasteiger partial charge < -0.3 is 0 Å². The third kappa shape index (κ3) is 2.42. The van der Waals surface area contributed by atoms with Crippen LogP contribution in [-0.2, 0) is 13.5 Å². The summed E-state index contributed by atoms with van der Waals surface area (Å²) >= 11 is 1.49. The lowest BCUT2D eigenvalue weighted by Crippen LogP contribution is -2.10. The Morgan fingerprint density at radius 1 is 1.45 bits per heavy atom. The van der Waals surface area contributed by atoms with Gasteiger partial charge in [-0.2, -0.15) is 5.10 Å². The molecule has 0 atom stereocenters. The molecule has 1 N–H and O–H groups in total. The summed E-state index contributed by atoms with van der Waals surface area (Å²) in [6, 6.07) is 6.17. The highest BCUT2D eigenvalue weighted by Crippen LogP contribution is 2.27. The number of benzene rings is 1. The van der Waals surface area contributed by atoms with Crippen molar-refractivity contribution in [2.75, 3.05) is 5.32 Å². The Kier molecular flexibility index (Phi) is 3.23. The molecule has 20 heavy (non-hydrogen) atoms. The van der Waals surface area contributed by atoms with Gasteiger partial charge in [0.05, 0.1) is 22.0 Å². The summed E-state index contributed by atoms with van der Waals surface area (Å²) in [4.78, 5) is 16.4. The maximum absolute atomic E-state index is 12.0. The number of anilines is 1. The molecule has 0 unspecified atom stereocenters. The largest absolute Gasteiger partial charge is 0.298 e. The van der Waals surface area contributed by atoms with Crippen LogP contribution in [-0.4, -0.2) is 20.7 Å². The number of nitrogens with one attached hydrogen (secondary N) is 1. The van der Waals surface area contributed by atoms with E-state index in [1.54, 1.807) is 17.9 Å². The highest BCUT2D eigenvalue weighted by Gasteiger charge is 2.11. The molecule has 0 saturated carbocycles. The molecule has 3 rings (SSSR count). The molecule has 0 radical (unpaired) electrons. The van der Waals surface area contributed by atoms with Gasteiger partial charge in [0.25, 0.3) is 5.91 Å². The van der Waals surface area contributed by atoms with Crippen LogP contribution in [0.25, 0.3) is 10.2 Å². The molecular formula is C14H14N4OS. The van der Waals surface area contributed by atoms with Crippen LogP contribution in [0.2, 0.25) is 0 Å². The molecule has 1 amide bonds. The van der Waals surface area contributed by atoms with Crippen molar-refractivity contribution in [1.29, 1.82) is 0 Å². The predicted molar refractivity (Wildman–Crippen MR) is 80.2 cm³/mol. The summed E-state index contributed by atoms with van der Waals surface area (Å²) in [6.45, 7) is 2.12. The molecule has 0 aliphatic rings. The standard InChI is InChI=1S/C14H14N4OS/c1-3-9-4-5-11-12(6-9)20-14(16-11)17-13(19)10-7-15-18(2)8-10/h4-8H,3H2,1-2H3,(H,16,17,19). The van der Waals surface area contributed by atoms with E-state index in [0.29, 0.717) is 10.7 Å². The minimum atomic E-state index is -0.187. The molecular weight excluding hydrogens is 272 g/mol. The van der Waals surface area contributed by atoms with Gasteiger partial charge >= 0.3 is 0 Å². The van der Waals surface area contributed by atoms with Gasteiger partial charge in [-0.15, -0.1) is 0 Å². The highest BCUT2D eigenvalue weighted by atomic mass is 32.1. The molecule has 0 bridgehead atoms. The van der Waals surface area contributed by atoms with E-state index in [1.807, 2.05) is 6.07 Å². The molecule has 0 fully saturated rings. The summed E-state index contributed by atoms with van der Waals surface area (Å²) in [5, 5.41) is 7.41. The van der Waals surface area contributed by atoms with Crippen LogP contribution >= 0.6 is 11.3 Å². The summed E-state index contributed by atoms with van der Waals surface area (Å²) in [5.41, 5.74) is 2.71. The number of carbonyl (C=O) groups is 1. The predicted octanol–water partition coefficient (Wildman–Crippen LogP) is 2.84. The van der Waals surface area contributed by atoms with Gasteiger partial charge in [0.2, 0.25) is 0 Å². The molecule has 3 aromatic rings. The summed E-state index contributed by atoms with van der Waals surface area (Å²) in [5.74, 6) is -0.187. The second kappa shape index (κ2) is 5.05. The molecule has 5 nitrogen and oxygen atoms in total. The number of hydrogen-bond donors (Lipinski definition) is 1. The van der Waals surface area contributed by atoms with E-state index in [9.17, 15) is 4.79 Å². The monoisotopic (exact) mass is 286 g/mol. The van der Waals surface area contributed by atoms with Crippen molar-refractivity contribution in [3.05, 3.63) is 41.7 Å². The van der Waals surface area contributed by atoms with Gasteiger partial charge in [0.15, 0.2) is 5.13 Å². The van der Waals surface area contributed by atoms with Crippen molar-refractivity contribution < 1.29 is 4.79 Å². The second-order valence-corrected chi connectivity index (χ2v) is 5.56. The maximum atomic E-state index is 12.0. The van der Waals surface area contributed by atoms with Crippen molar-refractivity contribution >= 4 is 32.6 Å². The molecule has 1 aromatic carbocycles. The molecule has 0 aliphatic heterocycles. The van der Waals surface area contributed by atoms with E-state index in [4.69, 9.17) is 0 Å². The number of rotatable bonds is 3. The quantitative estimate of drug-likeness (QED) is 0.805. The zero-order chi connectivity index (χ0) is 14.1. The summed E-state index contributed by atoms with van der Waals surface area (Å²) in [6.07, 6.45) is 4.21. The number of thiazole rings is 1. The van der Waals surface area contributed by atoms with E-state index in [0.717, 1.165) is 16.6 Å². The van der Waals surface area contributed by atoms with Gasteiger partial charge in [-0.05, 0) is 24.1 Å². The molecule has 0 saturated heterocycles. The number of aryl methyl sites for hydroxylation is 2. The Bertz CT molecular complexity index is 774. The van der Waals surface area contributed by atoms with Crippen molar-refractivity contribution in [1.82, 2.24) is 14.8 Å². The topological polar surface area (TPSA) is 59.8 Å². The number of aromatic nitrogens is 3. The first-order valence-electron chi connectivity index (χ1n) is 6.35. The Morgan fingerprint density at radius 2 is 2.30 bits per heavy atom. The number of amides is 1. The molecule has 102 valence electrons. The smallest absolute Gasteiger partial charge is 0.260 e. The number of hydrogen-bond acceptors (Lipinski definition) is 4. The molecule has 2 heterocycles. The first-order chi connectivity index (χ1) is 9.65. The second-order valence-electron chi connectivity index (χ2n) is 4.53. The molecule has 0 spiro atoms. The van der Waals surface area contributed by atoms with Crippen molar-refractivity contribution in [2.45, 2.75) is 13.3 Å². The van der Waals surface area contributed by atoms with Gasteiger partial charge in [0, 0.05) is 13.2 Å². The Balaban J connectivity index is 1.85. The summed E-state index contributed by atoms with van der Waals surface area (Å²) < 4.78 is 2.69. The SMILES string of the molecule is CCc1ccc2nc(NC(=O)c3cnn(C)c3)sc2c1. The van der Waals surface area contributed by atoms with E-state index in [2.05, 4.69) is 34.5 Å². The third-order valence-corrected chi connectivity index (χ3v) is 3.98. The Labute approximate surface area is 120 Å². The zero-order valence-electron chi connectivity index (χ0n) is 11.3.